The summed E-state index contributed by atoms with van der Waals surface area (Å²) in [5, 5.41) is 38.2. The van der Waals surface area contributed by atoms with Gasteiger partial charge in [-0.05, 0) is 12.1 Å². The van der Waals surface area contributed by atoms with Gasteiger partial charge < -0.3 is 36.6 Å². The van der Waals surface area contributed by atoms with Crippen LogP contribution in [0.5, 0.6) is 5.75 Å². The number of carbonyl (C=O) groups is 3. The number of hydrogen-bond acceptors (Lipinski definition) is 8. The van der Waals surface area contributed by atoms with Gasteiger partial charge in [0, 0.05) is 30.4 Å². The molecule has 1 aliphatic rings. The average Bonchev–Trinajstić information content (AvgIpc) is 2.61. The minimum atomic E-state index is -1.04. The van der Waals surface area contributed by atoms with E-state index >= 15 is 0 Å². The van der Waals surface area contributed by atoms with Crippen molar-refractivity contribution >= 4 is 29.4 Å². The lowest BCUT2D eigenvalue weighted by Gasteiger charge is -2.20. The van der Waals surface area contributed by atoms with E-state index in [9.17, 15) is 24.6 Å². The van der Waals surface area contributed by atoms with E-state index in [1.54, 1.807) is 0 Å². The molecular weight excluding hydrogens is 358 g/mol. The van der Waals surface area contributed by atoms with Crippen LogP contribution < -0.4 is 21.3 Å². The van der Waals surface area contributed by atoms with Gasteiger partial charge in [0.05, 0.1) is 25.6 Å². The predicted molar refractivity (Wildman–Crippen MR) is 95.6 cm³/mol. The number of carboxylic acid groups (broad SMARTS) is 1. The second-order valence-corrected chi connectivity index (χ2v) is 5.79. The molecule has 1 unspecified atom stereocenters. The standard InChI is InChI=1S/C16H21N5O6/c22-11-4-9(15(27)18-8-13(24)17-2-1-14(25)26)3-10(5-11)21-16-19-6-12(23)7-20-16/h3-5,12,22-23H,1-2,6-8H2,(H,17,24)(H,18,27)(H,25,26)(H2,19,20,21). The number of amides is 2. The molecule has 2 amide bonds. The van der Waals surface area contributed by atoms with Crippen LogP contribution in [0.1, 0.15) is 16.8 Å². The van der Waals surface area contributed by atoms with Gasteiger partial charge in [0.25, 0.3) is 5.91 Å². The lowest BCUT2D eigenvalue weighted by atomic mass is 10.1. The lowest BCUT2D eigenvalue weighted by molar-refractivity contribution is -0.136. The summed E-state index contributed by atoms with van der Waals surface area (Å²) in [6, 6.07) is 4.10. The smallest absolute Gasteiger partial charge is 0.305 e. The van der Waals surface area contributed by atoms with Gasteiger partial charge in [0.15, 0.2) is 5.96 Å². The average molecular weight is 379 g/mol. The number of rotatable bonds is 7. The maximum Gasteiger partial charge on any atom is 0.305 e. The number of carboxylic acids is 1. The maximum atomic E-state index is 12.2. The van der Waals surface area contributed by atoms with Gasteiger partial charge >= 0.3 is 5.97 Å². The highest BCUT2D eigenvalue weighted by Gasteiger charge is 2.14. The van der Waals surface area contributed by atoms with E-state index in [0.29, 0.717) is 18.2 Å². The third kappa shape index (κ3) is 6.82. The van der Waals surface area contributed by atoms with Crippen molar-refractivity contribution in [3.63, 3.8) is 0 Å². The number of aliphatic hydroxyl groups is 1. The Bertz CT molecular complexity index is 751. The Kier molecular flexibility index (Phi) is 6.94. The van der Waals surface area contributed by atoms with Crippen molar-refractivity contribution in [2.45, 2.75) is 12.5 Å². The molecule has 2 rings (SSSR count). The van der Waals surface area contributed by atoms with Crippen LogP contribution in [0.2, 0.25) is 0 Å². The van der Waals surface area contributed by atoms with Crippen molar-refractivity contribution in [1.82, 2.24) is 16.0 Å². The quantitative estimate of drug-likeness (QED) is 0.298. The molecule has 146 valence electrons. The van der Waals surface area contributed by atoms with Gasteiger partial charge in [-0.15, -0.1) is 0 Å². The van der Waals surface area contributed by atoms with Crippen molar-refractivity contribution in [2.75, 3.05) is 31.5 Å². The van der Waals surface area contributed by atoms with Gasteiger partial charge in [0.1, 0.15) is 5.75 Å². The predicted octanol–water partition coefficient (Wildman–Crippen LogP) is -1.56. The molecule has 1 atom stereocenters. The number of phenolic OH excluding ortho intramolecular Hbond substituents is 1. The van der Waals surface area contributed by atoms with E-state index in [1.807, 2.05) is 0 Å². The largest absolute Gasteiger partial charge is 0.508 e. The molecule has 0 saturated heterocycles. The zero-order chi connectivity index (χ0) is 19.8. The number of aromatic hydroxyl groups is 1. The van der Waals surface area contributed by atoms with Crippen molar-refractivity contribution < 1.29 is 29.7 Å². The topological polar surface area (TPSA) is 172 Å². The Hall–Kier alpha value is -3.34. The molecule has 11 heteroatoms. The molecule has 1 heterocycles. The van der Waals surface area contributed by atoms with E-state index < -0.39 is 23.9 Å². The number of benzene rings is 1. The van der Waals surface area contributed by atoms with Crippen molar-refractivity contribution in [3.8, 4) is 5.75 Å². The Morgan fingerprint density at radius 3 is 2.67 bits per heavy atom. The Morgan fingerprint density at radius 1 is 1.22 bits per heavy atom. The van der Waals surface area contributed by atoms with Crippen LogP contribution in [0.25, 0.3) is 0 Å². The molecule has 11 nitrogen and oxygen atoms in total. The second-order valence-electron chi connectivity index (χ2n) is 5.79. The first-order chi connectivity index (χ1) is 12.8. The van der Waals surface area contributed by atoms with Crippen LogP contribution in [-0.2, 0) is 9.59 Å². The summed E-state index contributed by atoms with van der Waals surface area (Å²) >= 11 is 0. The van der Waals surface area contributed by atoms with E-state index in [4.69, 9.17) is 5.11 Å². The summed E-state index contributed by atoms with van der Waals surface area (Å²) in [5.41, 5.74) is 0.515. The van der Waals surface area contributed by atoms with Crippen molar-refractivity contribution in [1.29, 1.82) is 0 Å². The van der Waals surface area contributed by atoms with Crippen LogP contribution in [0.4, 0.5) is 5.69 Å². The van der Waals surface area contributed by atoms with Crippen LogP contribution in [-0.4, -0.2) is 71.3 Å². The number of hydrogen-bond donors (Lipinski definition) is 7. The Morgan fingerprint density at radius 2 is 2.00 bits per heavy atom. The van der Waals surface area contributed by atoms with Crippen LogP contribution in [0.15, 0.2) is 23.2 Å². The van der Waals surface area contributed by atoms with E-state index in [-0.39, 0.29) is 37.4 Å². The lowest BCUT2D eigenvalue weighted by Crippen LogP contribution is -2.42. The van der Waals surface area contributed by atoms with Gasteiger partial charge in [-0.3, -0.25) is 19.4 Å². The SMILES string of the molecule is O=C(O)CCNC(=O)CNC(=O)c1cc(O)cc(NC2=NCC(O)CN2)c1. The molecule has 1 aromatic carbocycles. The molecule has 0 bridgehead atoms. The number of aliphatic imine (C=N–C) groups is 1. The molecule has 7 N–H and O–H groups in total. The highest BCUT2D eigenvalue weighted by atomic mass is 16.4. The highest BCUT2D eigenvalue weighted by molar-refractivity contribution is 6.00. The fourth-order valence-electron chi connectivity index (χ4n) is 2.20. The van der Waals surface area contributed by atoms with E-state index in [0.717, 1.165) is 0 Å². The zero-order valence-corrected chi connectivity index (χ0v) is 14.4. The normalized spacial score (nSPS) is 15.9. The van der Waals surface area contributed by atoms with E-state index in [2.05, 4.69) is 26.3 Å². The minimum Gasteiger partial charge on any atom is -0.508 e. The van der Waals surface area contributed by atoms with Crippen LogP contribution in [0.3, 0.4) is 0 Å². The molecule has 0 aromatic heterocycles. The van der Waals surface area contributed by atoms with Crippen LogP contribution >= 0.6 is 0 Å². The number of anilines is 1. The fourth-order valence-corrected chi connectivity index (χ4v) is 2.20. The number of guanidine groups is 1. The first-order valence-corrected chi connectivity index (χ1v) is 8.17. The number of aliphatic carboxylic acids is 1. The van der Waals surface area contributed by atoms with Gasteiger partial charge in [-0.1, -0.05) is 0 Å². The Balaban J connectivity index is 1.91. The fraction of sp³-hybridized carbons (Fsp3) is 0.375. The number of nitrogens with one attached hydrogen (secondary N) is 4. The number of nitrogens with zero attached hydrogens (tertiary/aromatic N) is 1. The summed E-state index contributed by atoms with van der Waals surface area (Å²) in [7, 11) is 0. The zero-order valence-electron chi connectivity index (χ0n) is 14.4. The molecule has 0 fully saturated rings. The monoisotopic (exact) mass is 379 g/mol. The molecule has 0 aliphatic carbocycles. The number of phenols is 1. The van der Waals surface area contributed by atoms with Gasteiger partial charge in [0.2, 0.25) is 5.91 Å². The molecule has 27 heavy (non-hydrogen) atoms. The van der Waals surface area contributed by atoms with Crippen molar-refractivity contribution in [3.05, 3.63) is 23.8 Å². The second kappa shape index (κ2) is 9.38. The number of aliphatic hydroxyl groups excluding tert-OH is 1. The first kappa shape index (κ1) is 20.0. The third-order valence-corrected chi connectivity index (χ3v) is 3.48. The molecular formula is C16H21N5O6. The Labute approximate surface area is 154 Å². The van der Waals surface area contributed by atoms with Crippen molar-refractivity contribution in [2.24, 2.45) is 4.99 Å². The van der Waals surface area contributed by atoms with Gasteiger partial charge in [-0.25, -0.2) is 0 Å². The van der Waals surface area contributed by atoms with Gasteiger partial charge in [-0.2, -0.15) is 0 Å². The molecule has 1 aromatic rings. The van der Waals surface area contributed by atoms with E-state index in [1.165, 1.54) is 18.2 Å². The molecule has 0 spiro atoms. The summed E-state index contributed by atoms with van der Waals surface area (Å²) in [6.45, 7) is 0.199. The molecule has 1 aliphatic heterocycles. The third-order valence-electron chi connectivity index (χ3n) is 3.48. The highest BCUT2D eigenvalue weighted by Crippen LogP contribution is 2.20. The summed E-state index contributed by atoms with van der Waals surface area (Å²) in [4.78, 5) is 38.2. The molecule has 0 saturated carbocycles. The summed E-state index contributed by atoms with van der Waals surface area (Å²) in [5.74, 6) is -1.91. The number of β-amino-alcohol motifs (C(OH)–C–C–N with tert-alkyl or cyclic N) is 1. The maximum absolute atomic E-state index is 12.2. The first-order valence-electron chi connectivity index (χ1n) is 8.17. The minimum absolute atomic E-state index is 0.0337. The summed E-state index contributed by atoms with van der Waals surface area (Å²) < 4.78 is 0. The summed E-state index contributed by atoms with van der Waals surface area (Å²) in [6.07, 6.45) is -0.779. The number of carbonyl (C=O) groups excluding carboxylic acids is 2. The molecule has 0 radical (unpaired) electrons. The van der Waals surface area contributed by atoms with Crippen LogP contribution in [0, 0.1) is 0 Å².